The normalized spacial score (nSPS) is 20.5. The molecule has 2 fully saturated rings. The fourth-order valence-electron chi connectivity index (χ4n) is 4.93. The first-order chi connectivity index (χ1) is 17.1. The Morgan fingerprint density at radius 2 is 1.86 bits per heavy atom. The highest BCUT2D eigenvalue weighted by Crippen LogP contribution is 2.35. The molecule has 35 heavy (non-hydrogen) atoms. The molecule has 1 aliphatic heterocycles. The van der Waals surface area contributed by atoms with Gasteiger partial charge in [0.1, 0.15) is 22.6 Å². The maximum atomic E-state index is 11.9. The van der Waals surface area contributed by atoms with Gasteiger partial charge in [0, 0.05) is 42.9 Å². The molecule has 184 valence electrons. The van der Waals surface area contributed by atoms with Crippen LogP contribution in [-0.2, 0) is 15.9 Å². The second kappa shape index (κ2) is 10.4. The summed E-state index contributed by atoms with van der Waals surface area (Å²) in [7, 11) is 1.30. The molecule has 2 aromatic heterocycles. The van der Waals surface area contributed by atoms with Gasteiger partial charge in [-0.3, -0.25) is 9.97 Å². The number of ether oxygens (including phenoxy) is 3. The van der Waals surface area contributed by atoms with E-state index in [1.165, 1.54) is 13.3 Å². The average Bonchev–Trinajstić information content (AvgIpc) is 2.91. The molecule has 9 nitrogen and oxygen atoms in total. The summed E-state index contributed by atoms with van der Waals surface area (Å²) in [5.41, 5.74) is 3.65. The Morgan fingerprint density at radius 3 is 2.63 bits per heavy atom. The van der Waals surface area contributed by atoms with Crippen LogP contribution in [0.2, 0.25) is 0 Å². The zero-order valence-corrected chi connectivity index (χ0v) is 19.9. The molecule has 1 saturated heterocycles. The lowest BCUT2D eigenvalue weighted by atomic mass is 9.84. The third-order valence-electron chi connectivity index (χ3n) is 6.83. The fraction of sp³-hybridized carbons (Fsp3) is 0.462. The van der Waals surface area contributed by atoms with Crippen LogP contribution in [0.15, 0.2) is 36.8 Å². The Bertz CT molecular complexity index is 1190. The summed E-state index contributed by atoms with van der Waals surface area (Å²) in [6, 6.07) is 5.79. The van der Waals surface area contributed by atoms with Crippen LogP contribution in [0.3, 0.4) is 0 Å². The number of fused-ring (bicyclic) bond motifs is 1. The molecule has 1 aromatic carbocycles. The van der Waals surface area contributed by atoms with E-state index < -0.39 is 5.97 Å². The highest BCUT2D eigenvalue weighted by molar-refractivity contribution is 5.92. The predicted octanol–water partition coefficient (Wildman–Crippen LogP) is 3.53. The van der Waals surface area contributed by atoms with Crippen LogP contribution in [0.25, 0.3) is 11.0 Å². The highest BCUT2D eigenvalue weighted by Gasteiger charge is 2.25. The van der Waals surface area contributed by atoms with E-state index in [-0.39, 0.29) is 17.4 Å². The van der Waals surface area contributed by atoms with Gasteiger partial charge in [0.2, 0.25) is 0 Å². The Kier molecular flexibility index (Phi) is 6.94. The van der Waals surface area contributed by atoms with E-state index in [9.17, 15) is 9.90 Å². The quantitative estimate of drug-likeness (QED) is 0.532. The third kappa shape index (κ3) is 5.30. The van der Waals surface area contributed by atoms with Crippen molar-refractivity contribution in [1.82, 2.24) is 15.0 Å². The first-order valence-corrected chi connectivity index (χ1v) is 12.1. The molecule has 0 atom stereocenters. The summed E-state index contributed by atoms with van der Waals surface area (Å²) < 4.78 is 16.8. The lowest BCUT2D eigenvalue weighted by Gasteiger charge is -2.31. The molecule has 0 amide bonds. The number of pyridine rings is 1. The maximum Gasteiger partial charge on any atom is 0.341 e. The van der Waals surface area contributed by atoms with Gasteiger partial charge in [-0.15, -0.1) is 0 Å². The average molecular weight is 479 g/mol. The summed E-state index contributed by atoms with van der Waals surface area (Å²) in [5, 5.41) is 9.90. The summed E-state index contributed by atoms with van der Waals surface area (Å²) in [4.78, 5) is 27.5. The molecule has 9 heteroatoms. The van der Waals surface area contributed by atoms with Crippen molar-refractivity contribution in [2.45, 2.75) is 38.2 Å². The van der Waals surface area contributed by atoms with Crippen LogP contribution in [-0.4, -0.2) is 65.5 Å². The van der Waals surface area contributed by atoms with Crippen LogP contribution in [0.5, 0.6) is 11.5 Å². The molecule has 2 aliphatic rings. The van der Waals surface area contributed by atoms with Gasteiger partial charge >= 0.3 is 5.97 Å². The van der Waals surface area contributed by atoms with Gasteiger partial charge in [0.15, 0.2) is 0 Å². The molecule has 3 heterocycles. The van der Waals surface area contributed by atoms with Gasteiger partial charge in [-0.25, -0.2) is 9.78 Å². The highest BCUT2D eigenvalue weighted by atomic mass is 16.5. The summed E-state index contributed by atoms with van der Waals surface area (Å²) in [6.45, 7) is 3.13. The Morgan fingerprint density at radius 1 is 1.09 bits per heavy atom. The summed E-state index contributed by atoms with van der Waals surface area (Å²) in [6.07, 6.45) is 9.43. The van der Waals surface area contributed by atoms with Crippen LogP contribution in [0.1, 0.15) is 41.7 Å². The van der Waals surface area contributed by atoms with Crippen molar-refractivity contribution < 1.29 is 24.1 Å². The first-order valence-electron chi connectivity index (χ1n) is 12.1. The monoisotopic (exact) mass is 478 g/mol. The van der Waals surface area contributed by atoms with E-state index >= 15 is 0 Å². The number of hydrogen-bond donors (Lipinski definition) is 1. The molecule has 5 rings (SSSR count). The van der Waals surface area contributed by atoms with Crippen molar-refractivity contribution in [2.75, 3.05) is 38.3 Å². The zero-order valence-electron chi connectivity index (χ0n) is 19.9. The minimum atomic E-state index is -0.558. The number of anilines is 1. The van der Waals surface area contributed by atoms with E-state index in [1.54, 1.807) is 18.5 Å². The van der Waals surface area contributed by atoms with Crippen LogP contribution >= 0.6 is 0 Å². The van der Waals surface area contributed by atoms with Crippen LogP contribution in [0, 0.1) is 5.92 Å². The van der Waals surface area contributed by atoms with E-state index in [0.29, 0.717) is 5.92 Å². The molecule has 1 aliphatic carbocycles. The molecular formula is C26H30N4O5. The lowest BCUT2D eigenvalue weighted by molar-refractivity contribution is 0.0597. The number of carbonyl (C=O) groups is 1. The standard InChI is InChI=1S/C26H30N4O5/c1-33-26(32)21-13-18(29-16-23(21)31)12-17-2-4-20(5-3-17)35-24-15-19(30-8-10-34-11-9-30)14-22-25(24)28-7-6-27-22/h6-7,13-17,20,31H,2-5,8-12H2,1H3. The number of rotatable bonds is 6. The largest absolute Gasteiger partial charge is 0.505 e. The SMILES string of the molecule is COC(=O)c1cc(CC2CCC(Oc3cc(N4CCOCC4)cc4nccnc34)CC2)ncc1O. The van der Waals surface area contributed by atoms with E-state index in [0.717, 1.165) is 86.6 Å². The Hall–Kier alpha value is -3.46. The smallest absolute Gasteiger partial charge is 0.341 e. The molecule has 0 spiro atoms. The molecule has 0 unspecified atom stereocenters. The first kappa shape index (κ1) is 23.3. The number of aromatic nitrogens is 3. The van der Waals surface area contributed by atoms with Crippen LogP contribution in [0.4, 0.5) is 5.69 Å². The van der Waals surface area contributed by atoms with E-state index in [1.807, 2.05) is 0 Å². The minimum absolute atomic E-state index is 0.106. The van der Waals surface area contributed by atoms with E-state index in [4.69, 9.17) is 14.2 Å². The van der Waals surface area contributed by atoms with Crippen molar-refractivity contribution in [3.05, 3.63) is 48.0 Å². The van der Waals surface area contributed by atoms with Gasteiger partial charge in [0.25, 0.3) is 0 Å². The predicted molar refractivity (Wildman–Crippen MR) is 130 cm³/mol. The fourth-order valence-corrected chi connectivity index (χ4v) is 4.93. The van der Waals surface area contributed by atoms with Gasteiger partial charge in [-0.1, -0.05) is 0 Å². The van der Waals surface area contributed by atoms with Crippen molar-refractivity contribution in [3.8, 4) is 11.5 Å². The molecule has 3 aromatic rings. The topological polar surface area (TPSA) is 107 Å². The second-order valence-electron chi connectivity index (χ2n) is 9.12. The maximum absolute atomic E-state index is 11.9. The number of aromatic hydroxyl groups is 1. The summed E-state index contributed by atoms with van der Waals surface area (Å²) >= 11 is 0. The number of carbonyl (C=O) groups excluding carboxylic acids is 1. The van der Waals surface area contributed by atoms with Gasteiger partial charge in [-0.2, -0.15) is 0 Å². The van der Waals surface area contributed by atoms with Crippen molar-refractivity contribution in [2.24, 2.45) is 5.92 Å². The lowest BCUT2D eigenvalue weighted by Crippen LogP contribution is -2.36. The van der Waals surface area contributed by atoms with Crippen molar-refractivity contribution in [3.63, 3.8) is 0 Å². The van der Waals surface area contributed by atoms with Gasteiger partial charge < -0.3 is 24.2 Å². The second-order valence-corrected chi connectivity index (χ2v) is 9.12. The number of methoxy groups -OCH3 is 1. The molecular weight excluding hydrogens is 448 g/mol. The number of hydrogen-bond acceptors (Lipinski definition) is 9. The minimum Gasteiger partial charge on any atom is -0.505 e. The number of benzene rings is 1. The number of esters is 1. The molecule has 1 N–H and O–H groups in total. The zero-order chi connectivity index (χ0) is 24.2. The number of morpholine rings is 1. The Balaban J connectivity index is 1.25. The third-order valence-corrected chi connectivity index (χ3v) is 6.83. The Labute approximate surface area is 204 Å². The molecule has 0 bridgehead atoms. The van der Waals surface area contributed by atoms with Crippen molar-refractivity contribution >= 4 is 22.7 Å². The number of nitrogens with zero attached hydrogens (tertiary/aromatic N) is 4. The van der Waals surface area contributed by atoms with Gasteiger partial charge in [-0.05, 0) is 50.2 Å². The van der Waals surface area contributed by atoms with Crippen molar-refractivity contribution in [1.29, 1.82) is 0 Å². The molecule has 0 radical (unpaired) electrons. The molecule has 1 saturated carbocycles. The van der Waals surface area contributed by atoms with Gasteiger partial charge in [0.05, 0.1) is 38.1 Å². The van der Waals surface area contributed by atoms with E-state index in [2.05, 4.69) is 32.0 Å². The summed E-state index contributed by atoms with van der Waals surface area (Å²) in [5.74, 6) is 0.502. The van der Waals surface area contributed by atoms with Crippen LogP contribution < -0.4 is 9.64 Å².